The van der Waals surface area contributed by atoms with Gasteiger partial charge in [0.15, 0.2) is 0 Å². The quantitative estimate of drug-likeness (QED) is 0.841. The first-order valence-corrected chi connectivity index (χ1v) is 8.77. The molecular weight excluding hydrogens is 340 g/mol. The molecule has 0 radical (unpaired) electrons. The van der Waals surface area contributed by atoms with Gasteiger partial charge in [-0.3, -0.25) is 0 Å². The Bertz CT molecular complexity index is 626. The fourth-order valence-corrected chi connectivity index (χ4v) is 4.64. The molecule has 110 valence electrons. The molecule has 1 heterocycles. The normalized spacial score (nSPS) is 17.1. The monoisotopic (exact) mass is 358 g/mol. The zero-order valence-electron chi connectivity index (χ0n) is 11.7. The van der Waals surface area contributed by atoms with Crippen LogP contribution in [0, 0.1) is 0 Å². The van der Waals surface area contributed by atoms with Gasteiger partial charge in [0.25, 0.3) is 0 Å². The Morgan fingerprint density at radius 3 is 2.70 bits per heavy atom. The number of nitrogens with one attached hydrogen (secondary N) is 1. The number of rotatable bonds is 4. The van der Waals surface area contributed by atoms with Crippen molar-refractivity contribution in [3.63, 3.8) is 0 Å². The summed E-state index contributed by atoms with van der Waals surface area (Å²) >= 11 is 3.38. The first-order chi connectivity index (χ1) is 9.45. The van der Waals surface area contributed by atoms with E-state index in [1.54, 1.807) is 6.07 Å². The van der Waals surface area contributed by atoms with E-state index in [1.165, 1.54) is 9.88 Å². The summed E-state index contributed by atoms with van der Waals surface area (Å²) in [5.74, 6) is 0. The zero-order chi connectivity index (χ0) is 14.8. The second kappa shape index (κ2) is 6.39. The molecule has 0 saturated carbocycles. The average molecular weight is 359 g/mol. The fraction of sp³-hybridized carbons (Fsp3) is 0.429. The molecule has 0 aliphatic carbocycles. The SMILES string of the molecule is CNCc1ccc(S(=O)(=O)N2CC=C(C)CC2)c(Br)c1. The summed E-state index contributed by atoms with van der Waals surface area (Å²) in [6.07, 6.45) is 2.78. The van der Waals surface area contributed by atoms with Crippen LogP contribution in [0.3, 0.4) is 0 Å². The topological polar surface area (TPSA) is 49.4 Å². The summed E-state index contributed by atoms with van der Waals surface area (Å²) in [7, 11) is -1.56. The summed E-state index contributed by atoms with van der Waals surface area (Å²) < 4.78 is 27.4. The van der Waals surface area contributed by atoms with Gasteiger partial charge in [-0.05, 0) is 54.0 Å². The van der Waals surface area contributed by atoms with Gasteiger partial charge >= 0.3 is 0 Å². The maximum absolute atomic E-state index is 12.6. The highest BCUT2D eigenvalue weighted by Gasteiger charge is 2.27. The Hall–Kier alpha value is -0.690. The van der Waals surface area contributed by atoms with Crippen LogP contribution < -0.4 is 5.32 Å². The molecule has 0 saturated heterocycles. The third-order valence-corrected chi connectivity index (χ3v) is 6.24. The fourth-order valence-electron chi connectivity index (χ4n) is 2.18. The maximum atomic E-state index is 12.6. The average Bonchev–Trinajstić information content (AvgIpc) is 2.39. The van der Waals surface area contributed by atoms with Crippen molar-refractivity contribution in [1.82, 2.24) is 9.62 Å². The Balaban J connectivity index is 2.30. The lowest BCUT2D eigenvalue weighted by molar-refractivity contribution is 0.431. The summed E-state index contributed by atoms with van der Waals surface area (Å²) in [5, 5.41) is 3.05. The van der Waals surface area contributed by atoms with Crippen molar-refractivity contribution in [2.45, 2.75) is 24.8 Å². The number of sulfonamides is 1. The second-order valence-electron chi connectivity index (χ2n) is 4.96. The molecule has 0 fully saturated rings. The molecule has 6 heteroatoms. The van der Waals surface area contributed by atoms with Gasteiger partial charge in [0, 0.05) is 24.1 Å². The molecule has 0 atom stereocenters. The highest BCUT2D eigenvalue weighted by atomic mass is 79.9. The molecule has 1 aromatic carbocycles. The molecule has 0 aromatic heterocycles. The van der Waals surface area contributed by atoms with Crippen LogP contribution in [0.2, 0.25) is 0 Å². The predicted molar refractivity (Wildman–Crippen MR) is 84.0 cm³/mol. The third kappa shape index (κ3) is 3.31. The minimum absolute atomic E-state index is 0.338. The van der Waals surface area contributed by atoms with Crippen molar-refractivity contribution in [2.75, 3.05) is 20.1 Å². The molecule has 2 rings (SSSR count). The molecule has 0 bridgehead atoms. The van der Waals surface area contributed by atoms with Crippen LogP contribution in [-0.4, -0.2) is 32.9 Å². The third-order valence-electron chi connectivity index (χ3n) is 3.39. The van der Waals surface area contributed by atoms with Gasteiger partial charge in [-0.15, -0.1) is 0 Å². The van der Waals surface area contributed by atoms with Gasteiger partial charge in [0.05, 0.1) is 4.90 Å². The number of hydrogen-bond acceptors (Lipinski definition) is 3. The number of benzene rings is 1. The molecule has 0 unspecified atom stereocenters. The lowest BCUT2D eigenvalue weighted by atomic mass is 10.1. The van der Waals surface area contributed by atoms with Crippen molar-refractivity contribution < 1.29 is 8.42 Å². The van der Waals surface area contributed by atoms with Gasteiger partial charge in [0.2, 0.25) is 10.0 Å². The smallest absolute Gasteiger partial charge is 0.244 e. The number of nitrogens with zero attached hydrogens (tertiary/aromatic N) is 1. The molecule has 0 spiro atoms. The van der Waals surface area contributed by atoms with E-state index in [0.29, 0.717) is 29.0 Å². The van der Waals surface area contributed by atoms with Crippen LogP contribution in [-0.2, 0) is 16.6 Å². The van der Waals surface area contributed by atoms with E-state index in [-0.39, 0.29) is 0 Å². The molecule has 1 aliphatic rings. The summed E-state index contributed by atoms with van der Waals surface area (Å²) in [6.45, 7) is 3.76. The first-order valence-electron chi connectivity index (χ1n) is 6.54. The lowest BCUT2D eigenvalue weighted by Crippen LogP contribution is -2.34. The molecule has 4 nitrogen and oxygen atoms in total. The highest BCUT2D eigenvalue weighted by molar-refractivity contribution is 9.10. The van der Waals surface area contributed by atoms with Gasteiger partial charge < -0.3 is 5.32 Å². The lowest BCUT2D eigenvalue weighted by Gasteiger charge is -2.25. The Kier molecular flexibility index (Phi) is 5.01. The summed E-state index contributed by atoms with van der Waals surface area (Å²) in [5.41, 5.74) is 2.30. The minimum Gasteiger partial charge on any atom is -0.316 e. The van der Waals surface area contributed by atoms with Crippen molar-refractivity contribution >= 4 is 26.0 Å². The van der Waals surface area contributed by atoms with E-state index in [4.69, 9.17) is 0 Å². The van der Waals surface area contributed by atoms with Crippen molar-refractivity contribution in [3.8, 4) is 0 Å². The first kappa shape index (κ1) is 15.7. The van der Waals surface area contributed by atoms with E-state index in [9.17, 15) is 8.42 Å². The van der Waals surface area contributed by atoms with Crippen LogP contribution in [0.1, 0.15) is 18.9 Å². The van der Waals surface area contributed by atoms with Crippen molar-refractivity contribution in [3.05, 3.63) is 39.9 Å². The van der Waals surface area contributed by atoms with E-state index in [2.05, 4.69) is 21.2 Å². The van der Waals surface area contributed by atoms with Gasteiger partial charge in [-0.2, -0.15) is 4.31 Å². The van der Waals surface area contributed by atoms with Gasteiger partial charge in [0.1, 0.15) is 0 Å². The molecule has 1 aromatic rings. The van der Waals surface area contributed by atoms with Crippen molar-refractivity contribution in [1.29, 1.82) is 0 Å². The van der Waals surface area contributed by atoms with Gasteiger partial charge in [-0.25, -0.2) is 8.42 Å². The van der Waals surface area contributed by atoms with Crippen LogP contribution in [0.5, 0.6) is 0 Å². The van der Waals surface area contributed by atoms with Crippen LogP contribution >= 0.6 is 15.9 Å². The predicted octanol–water partition coefficient (Wildman–Crippen LogP) is 2.51. The highest BCUT2D eigenvalue weighted by Crippen LogP contribution is 2.27. The molecular formula is C14H19BrN2O2S. The Morgan fingerprint density at radius 2 is 2.15 bits per heavy atom. The van der Waals surface area contributed by atoms with E-state index in [0.717, 1.165) is 12.0 Å². The van der Waals surface area contributed by atoms with Gasteiger partial charge in [-0.1, -0.05) is 17.7 Å². The molecule has 20 heavy (non-hydrogen) atoms. The molecule has 1 aliphatic heterocycles. The van der Waals surface area contributed by atoms with E-state index in [1.807, 2.05) is 32.2 Å². The standard InChI is InChI=1S/C14H19BrN2O2S/c1-11-5-7-17(8-6-11)20(18,19)14-4-3-12(10-16-2)9-13(14)15/h3-5,9,16H,6-8,10H2,1-2H3. The zero-order valence-corrected chi connectivity index (χ0v) is 14.1. The molecule has 0 amide bonds. The number of halogens is 1. The maximum Gasteiger partial charge on any atom is 0.244 e. The van der Waals surface area contributed by atoms with E-state index >= 15 is 0 Å². The van der Waals surface area contributed by atoms with Crippen LogP contribution in [0.15, 0.2) is 39.2 Å². The van der Waals surface area contributed by atoms with Crippen molar-refractivity contribution in [2.24, 2.45) is 0 Å². The van der Waals surface area contributed by atoms with Crippen LogP contribution in [0.4, 0.5) is 0 Å². The second-order valence-corrected chi connectivity index (χ2v) is 7.72. The van der Waals surface area contributed by atoms with E-state index < -0.39 is 10.0 Å². The largest absolute Gasteiger partial charge is 0.316 e. The summed E-state index contributed by atoms with van der Waals surface area (Å²) in [4.78, 5) is 0.338. The minimum atomic E-state index is -3.43. The van der Waals surface area contributed by atoms with Crippen LogP contribution in [0.25, 0.3) is 0 Å². The molecule has 1 N–H and O–H groups in total. The Morgan fingerprint density at radius 1 is 1.40 bits per heavy atom. The Labute approximate surface area is 129 Å². The number of hydrogen-bond donors (Lipinski definition) is 1. The summed E-state index contributed by atoms with van der Waals surface area (Å²) in [6, 6.07) is 5.38.